The van der Waals surface area contributed by atoms with Crippen molar-refractivity contribution in [1.82, 2.24) is 9.97 Å². The third kappa shape index (κ3) is 2.21. The van der Waals surface area contributed by atoms with Crippen LogP contribution in [0.25, 0.3) is 21.5 Å². The fourth-order valence-corrected chi connectivity index (χ4v) is 3.45. The SMILES string of the molecule is CNc1nc(-c2csc3ccccc23)nc(C)c1I. The number of nitrogens with one attached hydrogen (secondary N) is 1. The Bertz CT molecular complexity index is 752. The van der Waals surface area contributed by atoms with E-state index >= 15 is 0 Å². The maximum absolute atomic E-state index is 4.62. The van der Waals surface area contributed by atoms with Gasteiger partial charge in [0.1, 0.15) is 5.82 Å². The summed E-state index contributed by atoms with van der Waals surface area (Å²) in [5.74, 6) is 1.68. The van der Waals surface area contributed by atoms with E-state index in [1.54, 1.807) is 11.3 Å². The van der Waals surface area contributed by atoms with Gasteiger partial charge in [-0.15, -0.1) is 11.3 Å². The minimum absolute atomic E-state index is 0.791. The van der Waals surface area contributed by atoms with Crippen molar-refractivity contribution in [2.24, 2.45) is 0 Å². The summed E-state index contributed by atoms with van der Waals surface area (Å²) in [6, 6.07) is 8.36. The van der Waals surface area contributed by atoms with Crippen molar-refractivity contribution in [1.29, 1.82) is 0 Å². The van der Waals surface area contributed by atoms with Crippen molar-refractivity contribution >= 4 is 49.8 Å². The molecule has 3 rings (SSSR count). The maximum Gasteiger partial charge on any atom is 0.163 e. The highest BCUT2D eigenvalue weighted by Gasteiger charge is 2.13. The zero-order valence-corrected chi connectivity index (χ0v) is 13.5. The number of hydrogen-bond acceptors (Lipinski definition) is 4. The molecule has 0 radical (unpaired) electrons. The number of benzene rings is 1. The van der Waals surface area contributed by atoms with Crippen LogP contribution in [0.3, 0.4) is 0 Å². The predicted octanol–water partition coefficient (Wildman–Crippen LogP) is 4.31. The number of fused-ring (bicyclic) bond motifs is 1. The molecule has 19 heavy (non-hydrogen) atoms. The Morgan fingerprint density at radius 3 is 2.79 bits per heavy atom. The van der Waals surface area contributed by atoms with Gasteiger partial charge in [0, 0.05) is 28.1 Å². The molecule has 2 heterocycles. The monoisotopic (exact) mass is 381 g/mol. The van der Waals surface area contributed by atoms with Gasteiger partial charge < -0.3 is 5.32 Å². The molecule has 2 aromatic heterocycles. The van der Waals surface area contributed by atoms with Gasteiger partial charge in [0.15, 0.2) is 5.82 Å². The van der Waals surface area contributed by atoms with Gasteiger partial charge in [0.05, 0.1) is 9.26 Å². The molecular weight excluding hydrogens is 369 g/mol. The van der Waals surface area contributed by atoms with Gasteiger partial charge in [-0.05, 0) is 35.6 Å². The van der Waals surface area contributed by atoms with Gasteiger partial charge in [-0.25, -0.2) is 9.97 Å². The molecule has 5 heteroatoms. The number of nitrogens with zero attached hydrogens (tertiary/aromatic N) is 2. The number of hydrogen-bond donors (Lipinski definition) is 1. The topological polar surface area (TPSA) is 37.8 Å². The van der Waals surface area contributed by atoms with Crippen LogP contribution in [-0.4, -0.2) is 17.0 Å². The van der Waals surface area contributed by atoms with E-state index in [-0.39, 0.29) is 0 Å². The van der Waals surface area contributed by atoms with E-state index in [4.69, 9.17) is 0 Å². The molecule has 0 bridgehead atoms. The molecule has 3 aromatic rings. The van der Waals surface area contributed by atoms with Crippen LogP contribution >= 0.6 is 33.9 Å². The van der Waals surface area contributed by atoms with Crippen LogP contribution in [0.4, 0.5) is 5.82 Å². The van der Waals surface area contributed by atoms with Gasteiger partial charge in [0.2, 0.25) is 0 Å². The molecule has 0 aliphatic rings. The van der Waals surface area contributed by atoms with Gasteiger partial charge in [0.25, 0.3) is 0 Å². The van der Waals surface area contributed by atoms with Gasteiger partial charge in [-0.3, -0.25) is 0 Å². The lowest BCUT2D eigenvalue weighted by Gasteiger charge is -2.08. The quantitative estimate of drug-likeness (QED) is 0.673. The Morgan fingerprint density at radius 2 is 2.00 bits per heavy atom. The highest BCUT2D eigenvalue weighted by Crippen LogP contribution is 2.33. The van der Waals surface area contributed by atoms with Crippen LogP contribution < -0.4 is 5.32 Å². The minimum atomic E-state index is 0.791. The molecule has 0 saturated carbocycles. The van der Waals surface area contributed by atoms with E-state index < -0.39 is 0 Å². The standard InChI is InChI=1S/C14H12IN3S/c1-8-12(15)14(16-2)18-13(17-8)10-7-19-11-6-4-3-5-9(10)11/h3-7H,1-2H3,(H,16,17,18). The van der Waals surface area contributed by atoms with E-state index in [0.717, 1.165) is 26.5 Å². The smallest absolute Gasteiger partial charge is 0.163 e. The molecule has 0 saturated heterocycles. The van der Waals surface area contributed by atoms with Crippen LogP contribution in [0.2, 0.25) is 0 Å². The Hall–Kier alpha value is -1.21. The van der Waals surface area contributed by atoms with E-state index in [1.807, 2.05) is 14.0 Å². The number of anilines is 1. The average molecular weight is 381 g/mol. The summed E-state index contributed by atoms with van der Waals surface area (Å²) in [6.45, 7) is 2.02. The van der Waals surface area contributed by atoms with Crippen molar-refractivity contribution < 1.29 is 0 Å². The lowest BCUT2D eigenvalue weighted by Crippen LogP contribution is -2.02. The van der Waals surface area contributed by atoms with E-state index in [9.17, 15) is 0 Å². The van der Waals surface area contributed by atoms with Gasteiger partial charge in [-0.2, -0.15) is 0 Å². The highest BCUT2D eigenvalue weighted by atomic mass is 127. The molecule has 0 spiro atoms. The van der Waals surface area contributed by atoms with E-state index in [0.29, 0.717) is 0 Å². The summed E-state index contributed by atoms with van der Waals surface area (Å²) in [4.78, 5) is 9.24. The lowest BCUT2D eigenvalue weighted by atomic mass is 10.1. The van der Waals surface area contributed by atoms with E-state index in [1.165, 1.54) is 10.1 Å². The van der Waals surface area contributed by atoms with Crippen LogP contribution in [-0.2, 0) is 0 Å². The fraction of sp³-hybridized carbons (Fsp3) is 0.143. The van der Waals surface area contributed by atoms with Crippen LogP contribution in [0, 0.1) is 10.5 Å². The largest absolute Gasteiger partial charge is 0.372 e. The second-order valence-corrected chi connectivity index (χ2v) is 6.18. The number of thiophene rings is 1. The summed E-state index contributed by atoms with van der Waals surface area (Å²) in [5, 5.41) is 6.48. The molecule has 0 fully saturated rings. The number of aryl methyl sites for hydroxylation is 1. The van der Waals surface area contributed by atoms with Crippen LogP contribution in [0.15, 0.2) is 29.6 Å². The summed E-state index contributed by atoms with van der Waals surface area (Å²) in [5.41, 5.74) is 2.11. The number of aromatic nitrogens is 2. The first-order valence-electron chi connectivity index (χ1n) is 5.89. The molecule has 0 aliphatic carbocycles. The third-order valence-corrected chi connectivity index (χ3v) is 5.23. The Labute approximate surface area is 129 Å². The third-order valence-electron chi connectivity index (χ3n) is 2.98. The molecule has 0 amide bonds. The number of rotatable bonds is 2. The molecule has 0 atom stereocenters. The van der Waals surface area contributed by atoms with Crippen molar-refractivity contribution in [2.45, 2.75) is 6.92 Å². The fourth-order valence-electron chi connectivity index (χ4n) is 2.00. The summed E-state index contributed by atoms with van der Waals surface area (Å²) in [6.07, 6.45) is 0. The Balaban J connectivity index is 2.24. The predicted molar refractivity (Wildman–Crippen MR) is 89.9 cm³/mol. The molecule has 1 N–H and O–H groups in total. The van der Waals surface area contributed by atoms with Crippen molar-refractivity contribution in [2.75, 3.05) is 12.4 Å². The zero-order chi connectivity index (χ0) is 13.4. The Kier molecular flexibility index (Phi) is 3.40. The van der Waals surface area contributed by atoms with Crippen LogP contribution in [0.5, 0.6) is 0 Å². The first-order chi connectivity index (χ1) is 9.20. The van der Waals surface area contributed by atoms with Crippen molar-refractivity contribution in [3.63, 3.8) is 0 Å². The average Bonchev–Trinajstić information content (AvgIpc) is 2.85. The maximum atomic E-state index is 4.62. The van der Waals surface area contributed by atoms with Crippen molar-refractivity contribution in [3.8, 4) is 11.4 Å². The van der Waals surface area contributed by atoms with Crippen LogP contribution in [0.1, 0.15) is 5.69 Å². The molecule has 3 nitrogen and oxygen atoms in total. The molecule has 0 aliphatic heterocycles. The molecule has 0 unspecified atom stereocenters. The molecule has 96 valence electrons. The second-order valence-electron chi connectivity index (χ2n) is 4.19. The summed E-state index contributed by atoms with van der Waals surface area (Å²) >= 11 is 4.00. The normalized spacial score (nSPS) is 10.9. The first kappa shape index (κ1) is 12.8. The Morgan fingerprint density at radius 1 is 1.21 bits per heavy atom. The minimum Gasteiger partial charge on any atom is -0.372 e. The second kappa shape index (κ2) is 5.05. The van der Waals surface area contributed by atoms with Gasteiger partial charge in [-0.1, -0.05) is 18.2 Å². The molecule has 1 aromatic carbocycles. The number of halogens is 1. The van der Waals surface area contributed by atoms with E-state index in [2.05, 4.69) is 67.5 Å². The van der Waals surface area contributed by atoms with Crippen molar-refractivity contribution in [3.05, 3.63) is 38.9 Å². The summed E-state index contributed by atoms with van der Waals surface area (Å²) < 4.78 is 2.34. The molecular formula is C14H12IN3S. The lowest BCUT2D eigenvalue weighted by molar-refractivity contribution is 1.09. The summed E-state index contributed by atoms with van der Waals surface area (Å²) in [7, 11) is 1.89. The van der Waals surface area contributed by atoms with Gasteiger partial charge >= 0.3 is 0 Å². The zero-order valence-electron chi connectivity index (χ0n) is 10.6. The highest BCUT2D eigenvalue weighted by molar-refractivity contribution is 14.1. The first-order valence-corrected chi connectivity index (χ1v) is 7.85.